The number of benzene rings is 2. The Morgan fingerprint density at radius 2 is 1.77 bits per heavy atom. The minimum atomic E-state index is -4.45. The van der Waals surface area contributed by atoms with Crippen molar-refractivity contribution in [1.29, 1.82) is 0 Å². The largest absolute Gasteiger partial charge is 0.491 e. The zero-order chi connectivity index (χ0) is 19.2. The number of hydrogen-bond donors (Lipinski definition) is 1. The first-order valence-electron chi connectivity index (χ1n) is 8.06. The molecule has 0 aliphatic carbocycles. The van der Waals surface area contributed by atoms with Gasteiger partial charge in [-0.15, -0.1) is 0 Å². The summed E-state index contributed by atoms with van der Waals surface area (Å²) in [6, 6.07) is 11.7. The van der Waals surface area contributed by atoms with E-state index in [2.05, 4.69) is 5.32 Å². The summed E-state index contributed by atoms with van der Waals surface area (Å²) in [5, 5.41) is 2.65. The van der Waals surface area contributed by atoms with Crippen molar-refractivity contribution in [2.45, 2.75) is 32.7 Å². The second-order valence-electron chi connectivity index (χ2n) is 5.91. The van der Waals surface area contributed by atoms with Crippen LogP contribution in [0, 0.1) is 0 Å². The smallest absolute Gasteiger partial charge is 0.416 e. The summed E-state index contributed by atoms with van der Waals surface area (Å²) >= 11 is 0. The molecule has 0 aliphatic rings. The lowest BCUT2D eigenvalue weighted by atomic mass is 10.2. The summed E-state index contributed by atoms with van der Waals surface area (Å²) in [6.45, 7) is 3.72. The monoisotopic (exact) mass is 367 g/mol. The maximum atomic E-state index is 12.6. The van der Waals surface area contributed by atoms with E-state index < -0.39 is 17.6 Å². The highest BCUT2D eigenvalue weighted by atomic mass is 19.4. The number of carbonyl (C=O) groups excluding carboxylic acids is 1. The molecule has 4 nitrogen and oxygen atoms in total. The molecule has 0 saturated carbocycles. The number of halogens is 3. The van der Waals surface area contributed by atoms with E-state index in [9.17, 15) is 18.0 Å². The molecule has 7 heteroatoms. The predicted molar refractivity (Wildman–Crippen MR) is 91.0 cm³/mol. The lowest BCUT2D eigenvalue weighted by Gasteiger charge is -2.12. The van der Waals surface area contributed by atoms with E-state index in [1.807, 2.05) is 38.1 Å². The number of ether oxygens (including phenoxy) is 2. The number of amides is 1. The van der Waals surface area contributed by atoms with Gasteiger partial charge in [-0.2, -0.15) is 13.2 Å². The fourth-order valence-corrected chi connectivity index (χ4v) is 2.16. The van der Waals surface area contributed by atoms with Crippen molar-refractivity contribution in [3.05, 3.63) is 59.7 Å². The van der Waals surface area contributed by atoms with E-state index in [0.717, 1.165) is 17.7 Å². The molecular formula is C19H20F3NO3. The van der Waals surface area contributed by atoms with Crippen molar-refractivity contribution >= 4 is 5.91 Å². The fourth-order valence-electron chi connectivity index (χ4n) is 2.16. The number of hydrogen-bond acceptors (Lipinski definition) is 3. The van der Waals surface area contributed by atoms with Crippen LogP contribution in [0.15, 0.2) is 48.5 Å². The molecule has 2 aromatic carbocycles. The van der Waals surface area contributed by atoms with Gasteiger partial charge in [-0.1, -0.05) is 18.2 Å². The Hall–Kier alpha value is -2.70. The van der Waals surface area contributed by atoms with Crippen LogP contribution in [0.2, 0.25) is 0 Å². The maximum Gasteiger partial charge on any atom is 0.416 e. The van der Waals surface area contributed by atoms with Gasteiger partial charge in [0.25, 0.3) is 5.91 Å². The zero-order valence-corrected chi connectivity index (χ0v) is 14.5. The molecule has 140 valence electrons. The second-order valence-corrected chi connectivity index (χ2v) is 5.91. The Bertz CT molecular complexity index is 745. The lowest BCUT2D eigenvalue weighted by Crippen LogP contribution is -2.28. The topological polar surface area (TPSA) is 47.6 Å². The van der Waals surface area contributed by atoms with Crippen molar-refractivity contribution in [2.24, 2.45) is 0 Å². The van der Waals surface area contributed by atoms with Crippen LogP contribution < -0.4 is 14.8 Å². The minimum absolute atomic E-state index is 0.0118. The van der Waals surface area contributed by atoms with Gasteiger partial charge >= 0.3 is 6.18 Å². The summed E-state index contributed by atoms with van der Waals surface area (Å²) < 4.78 is 48.6. The van der Waals surface area contributed by atoms with Gasteiger partial charge < -0.3 is 14.8 Å². The average molecular weight is 367 g/mol. The van der Waals surface area contributed by atoms with Crippen molar-refractivity contribution < 1.29 is 27.4 Å². The Labute approximate surface area is 149 Å². The average Bonchev–Trinajstić information content (AvgIpc) is 2.57. The minimum Gasteiger partial charge on any atom is -0.491 e. The molecule has 0 bridgehead atoms. The molecule has 0 unspecified atom stereocenters. The van der Waals surface area contributed by atoms with E-state index >= 15 is 0 Å². The molecule has 2 rings (SSSR count). The Morgan fingerprint density at radius 1 is 1.08 bits per heavy atom. The Morgan fingerprint density at radius 3 is 2.46 bits per heavy atom. The van der Waals surface area contributed by atoms with Crippen molar-refractivity contribution in [1.82, 2.24) is 5.32 Å². The molecule has 0 aromatic heterocycles. The van der Waals surface area contributed by atoms with Gasteiger partial charge in [0.15, 0.2) is 6.61 Å². The number of nitrogens with one attached hydrogen (secondary N) is 1. The van der Waals surface area contributed by atoms with Gasteiger partial charge in [0, 0.05) is 6.54 Å². The molecule has 1 N–H and O–H groups in total. The number of rotatable bonds is 7. The van der Waals surface area contributed by atoms with Crippen molar-refractivity contribution in [3.8, 4) is 11.5 Å². The molecular weight excluding hydrogens is 347 g/mol. The van der Waals surface area contributed by atoms with Crippen molar-refractivity contribution in [2.75, 3.05) is 6.61 Å². The third-order valence-electron chi connectivity index (χ3n) is 3.29. The SMILES string of the molecule is CC(C)Oc1cccc(CNC(=O)COc2cccc(C(F)(F)F)c2)c1. The molecule has 0 radical (unpaired) electrons. The fraction of sp³-hybridized carbons (Fsp3) is 0.316. The standard InChI is InChI=1S/C19H20F3NO3/c1-13(2)26-17-8-3-5-14(9-17)11-23-18(24)12-25-16-7-4-6-15(10-16)19(20,21)22/h3-10,13H,11-12H2,1-2H3,(H,23,24). The zero-order valence-electron chi connectivity index (χ0n) is 14.5. The van der Waals surface area contributed by atoms with Gasteiger partial charge in [0.05, 0.1) is 11.7 Å². The van der Waals surface area contributed by atoms with Crippen LogP contribution in [-0.2, 0) is 17.5 Å². The predicted octanol–water partition coefficient (Wildman–Crippen LogP) is 4.19. The van der Waals surface area contributed by atoms with Gasteiger partial charge in [-0.25, -0.2) is 0 Å². The summed E-state index contributed by atoms with van der Waals surface area (Å²) in [5.74, 6) is 0.256. The first kappa shape index (κ1) is 19.6. The Balaban J connectivity index is 1.84. The van der Waals surface area contributed by atoms with Crippen LogP contribution >= 0.6 is 0 Å². The molecule has 0 atom stereocenters. The molecule has 0 fully saturated rings. The molecule has 0 spiro atoms. The molecule has 0 heterocycles. The molecule has 0 saturated heterocycles. The summed E-state index contributed by atoms with van der Waals surface area (Å²) in [5.41, 5.74) is 0.0212. The third kappa shape index (κ3) is 6.31. The summed E-state index contributed by atoms with van der Waals surface area (Å²) in [6.07, 6.45) is -4.41. The Kier molecular flexibility index (Phi) is 6.49. The van der Waals surface area contributed by atoms with E-state index in [4.69, 9.17) is 9.47 Å². The molecule has 2 aromatic rings. The highest BCUT2D eigenvalue weighted by molar-refractivity contribution is 5.77. The first-order valence-corrected chi connectivity index (χ1v) is 8.06. The van der Waals surface area contributed by atoms with Crippen LogP contribution in [0.25, 0.3) is 0 Å². The van der Waals surface area contributed by atoms with E-state index in [1.165, 1.54) is 12.1 Å². The van der Waals surface area contributed by atoms with Gasteiger partial charge in [0.1, 0.15) is 11.5 Å². The number of alkyl halides is 3. The maximum absolute atomic E-state index is 12.6. The summed E-state index contributed by atoms with van der Waals surface area (Å²) in [7, 11) is 0. The first-order chi connectivity index (χ1) is 12.2. The van der Waals surface area contributed by atoms with E-state index in [0.29, 0.717) is 5.75 Å². The van der Waals surface area contributed by atoms with Crippen LogP contribution in [0.4, 0.5) is 13.2 Å². The molecule has 1 amide bonds. The van der Waals surface area contributed by atoms with Crippen molar-refractivity contribution in [3.63, 3.8) is 0 Å². The third-order valence-corrected chi connectivity index (χ3v) is 3.29. The van der Waals surface area contributed by atoms with Gasteiger partial charge in [0.2, 0.25) is 0 Å². The lowest BCUT2D eigenvalue weighted by molar-refractivity contribution is -0.137. The van der Waals surface area contributed by atoms with E-state index in [-0.39, 0.29) is 25.0 Å². The summed E-state index contributed by atoms with van der Waals surface area (Å²) in [4.78, 5) is 11.8. The highest BCUT2D eigenvalue weighted by Crippen LogP contribution is 2.31. The highest BCUT2D eigenvalue weighted by Gasteiger charge is 2.30. The number of carbonyl (C=O) groups is 1. The molecule has 26 heavy (non-hydrogen) atoms. The normalized spacial score (nSPS) is 11.3. The van der Waals surface area contributed by atoms with Gasteiger partial charge in [-0.3, -0.25) is 4.79 Å². The quantitative estimate of drug-likeness (QED) is 0.798. The van der Waals surface area contributed by atoms with Crippen LogP contribution in [0.3, 0.4) is 0 Å². The van der Waals surface area contributed by atoms with Crippen LogP contribution in [-0.4, -0.2) is 18.6 Å². The van der Waals surface area contributed by atoms with Crippen LogP contribution in [0.5, 0.6) is 11.5 Å². The van der Waals surface area contributed by atoms with Crippen LogP contribution in [0.1, 0.15) is 25.0 Å². The second kappa shape index (κ2) is 8.60. The molecule has 0 aliphatic heterocycles. The van der Waals surface area contributed by atoms with E-state index in [1.54, 1.807) is 0 Å². The van der Waals surface area contributed by atoms with Gasteiger partial charge in [-0.05, 0) is 49.7 Å².